The quantitative estimate of drug-likeness (QED) is 0.810. The zero-order valence-electron chi connectivity index (χ0n) is 14.6. The monoisotopic (exact) mass is 366 g/mol. The van der Waals surface area contributed by atoms with E-state index < -0.39 is 0 Å². The molecule has 0 spiro atoms. The second-order valence-electron chi connectivity index (χ2n) is 6.85. The maximum absolute atomic E-state index is 12.7. The number of nitrogens with zero attached hydrogens (tertiary/aromatic N) is 1. The van der Waals surface area contributed by atoms with Gasteiger partial charge in [0.2, 0.25) is 11.8 Å². The van der Waals surface area contributed by atoms with Gasteiger partial charge in [-0.1, -0.05) is 18.2 Å². The summed E-state index contributed by atoms with van der Waals surface area (Å²) in [6.07, 6.45) is 4.06. The van der Waals surface area contributed by atoms with Crippen LogP contribution in [-0.2, 0) is 16.0 Å². The molecule has 2 aromatic carbocycles. The summed E-state index contributed by atoms with van der Waals surface area (Å²) in [5.74, 6) is 0.883. The molecule has 4 nitrogen and oxygen atoms in total. The number of carbonyl (C=O) groups is 2. The molecule has 2 aliphatic rings. The lowest BCUT2D eigenvalue weighted by atomic mass is 10.0. The van der Waals surface area contributed by atoms with Gasteiger partial charge >= 0.3 is 0 Å². The van der Waals surface area contributed by atoms with E-state index in [0.717, 1.165) is 48.5 Å². The largest absolute Gasteiger partial charge is 0.326 e. The van der Waals surface area contributed by atoms with E-state index in [0.29, 0.717) is 5.75 Å². The van der Waals surface area contributed by atoms with E-state index in [4.69, 9.17) is 0 Å². The van der Waals surface area contributed by atoms with Crippen molar-refractivity contribution in [3.8, 4) is 0 Å². The van der Waals surface area contributed by atoms with Crippen molar-refractivity contribution in [1.82, 2.24) is 0 Å². The number of aryl methyl sites for hydroxylation is 1. The molecular formula is C21H22N2O2S. The van der Waals surface area contributed by atoms with Crippen LogP contribution >= 0.6 is 11.8 Å². The maximum Gasteiger partial charge on any atom is 0.237 e. The van der Waals surface area contributed by atoms with Gasteiger partial charge < -0.3 is 10.2 Å². The van der Waals surface area contributed by atoms with Crippen molar-refractivity contribution in [2.45, 2.75) is 30.6 Å². The van der Waals surface area contributed by atoms with Crippen molar-refractivity contribution in [2.75, 3.05) is 22.5 Å². The van der Waals surface area contributed by atoms with Gasteiger partial charge in [0.25, 0.3) is 0 Å². The van der Waals surface area contributed by atoms with Gasteiger partial charge in [-0.2, -0.15) is 0 Å². The number of benzene rings is 2. The zero-order chi connectivity index (χ0) is 17.9. The van der Waals surface area contributed by atoms with Crippen molar-refractivity contribution in [1.29, 1.82) is 0 Å². The summed E-state index contributed by atoms with van der Waals surface area (Å²) in [6, 6.07) is 15.9. The van der Waals surface area contributed by atoms with E-state index in [1.807, 2.05) is 47.4 Å². The third kappa shape index (κ3) is 3.93. The molecule has 1 saturated carbocycles. The highest BCUT2D eigenvalue weighted by atomic mass is 32.2. The molecule has 0 unspecified atom stereocenters. The number of hydrogen-bond donors (Lipinski definition) is 1. The zero-order valence-corrected chi connectivity index (χ0v) is 15.4. The first-order valence-electron chi connectivity index (χ1n) is 9.13. The maximum atomic E-state index is 12.7. The highest BCUT2D eigenvalue weighted by Gasteiger charge is 2.29. The molecular weight excluding hydrogens is 344 g/mol. The molecule has 0 radical (unpaired) electrons. The molecule has 26 heavy (non-hydrogen) atoms. The highest BCUT2D eigenvalue weighted by Crippen LogP contribution is 2.31. The fraction of sp³-hybridized carbons (Fsp3) is 0.333. The molecule has 1 aliphatic carbocycles. The number of carbonyl (C=O) groups excluding carboxylic acids is 2. The molecule has 134 valence electrons. The first-order chi connectivity index (χ1) is 12.7. The molecule has 0 bridgehead atoms. The van der Waals surface area contributed by atoms with E-state index in [1.165, 1.54) is 17.3 Å². The van der Waals surface area contributed by atoms with Gasteiger partial charge in [0.05, 0.1) is 5.75 Å². The molecule has 4 rings (SSSR count). The minimum Gasteiger partial charge on any atom is -0.326 e. The first-order valence-corrected chi connectivity index (χ1v) is 10.1. The average molecular weight is 366 g/mol. The van der Waals surface area contributed by atoms with Gasteiger partial charge in [-0.15, -0.1) is 11.8 Å². The number of rotatable bonds is 5. The van der Waals surface area contributed by atoms with Gasteiger partial charge in [0.15, 0.2) is 0 Å². The van der Waals surface area contributed by atoms with Crippen LogP contribution in [0.5, 0.6) is 0 Å². The van der Waals surface area contributed by atoms with Crippen LogP contribution in [0, 0.1) is 5.92 Å². The Kier molecular flexibility index (Phi) is 4.98. The van der Waals surface area contributed by atoms with E-state index in [-0.39, 0.29) is 17.7 Å². The Morgan fingerprint density at radius 1 is 1.08 bits per heavy atom. The van der Waals surface area contributed by atoms with Gasteiger partial charge in [0.1, 0.15) is 0 Å². The molecule has 1 fully saturated rings. The Morgan fingerprint density at radius 2 is 1.85 bits per heavy atom. The van der Waals surface area contributed by atoms with Crippen molar-refractivity contribution >= 4 is 35.0 Å². The van der Waals surface area contributed by atoms with Crippen LogP contribution in [0.25, 0.3) is 0 Å². The van der Waals surface area contributed by atoms with Crippen molar-refractivity contribution in [2.24, 2.45) is 5.92 Å². The molecule has 1 N–H and O–H groups in total. The minimum absolute atomic E-state index is 0.115. The summed E-state index contributed by atoms with van der Waals surface area (Å²) in [5.41, 5.74) is 3.14. The lowest BCUT2D eigenvalue weighted by molar-refractivity contribution is -0.117. The third-order valence-electron chi connectivity index (χ3n) is 4.84. The van der Waals surface area contributed by atoms with Crippen LogP contribution in [0.15, 0.2) is 53.4 Å². The topological polar surface area (TPSA) is 49.4 Å². The van der Waals surface area contributed by atoms with Crippen LogP contribution in [0.1, 0.15) is 24.8 Å². The smallest absolute Gasteiger partial charge is 0.237 e. The normalized spacial score (nSPS) is 16.1. The number of hydrogen-bond acceptors (Lipinski definition) is 3. The molecule has 1 heterocycles. The molecule has 0 aromatic heterocycles. The second-order valence-corrected chi connectivity index (χ2v) is 7.90. The van der Waals surface area contributed by atoms with Crippen molar-refractivity contribution in [3.63, 3.8) is 0 Å². The molecule has 2 amide bonds. The lowest BCUT2D eigenvalue weighted by Gasteiger charge is -2.29. The lowest BCUT2D eigenvalue weighted by Crippen LogP contribution is -2.36. The van der Waals surface area contributed by atoms with Crippen molar-refractivity contribution < 1.29 is 9.59 Å². The fourth-order valence-corrected chi connectivity index (χ4v) is 4.01. The molecule has 5 heteroatoms. The number of nitrogens with one attached hydrogen (secondary N) is 1. The summed E-state index contributed by atoms with van der Waals surface area (Å²) in [5, 5.41) is 2.94. The molecule has 0 atom stereocenters. The number of fused-ring (bicyclic) bond motifs is 1. The van der Waals surface area contributed by atoms with Gasteiger partial charge in [0, 0.05) is 28.7 Å². The first kappa shape index (κ1) is 17.2. The van der Waals surface area contributed by atoms with Crippen LogP contribution < -0.4 is 10.2 Å². The Morgan fingerprint density at radius 3 is 2.62 bits per heavy atom. The highest BCUT2D eigenvalue weighted by molar-refractivity contribution is 8.00. The Bertz CT molecular complexity index is 815. The Labute approximate surface area is 158 Å². The second kappa shape index (κ2) is 7.54. The van der Waals surface area contributed by atoms with Crippen LogP contribution in [0.2, 0.25) is 0 Å². The Hall–Kier alpha value is -2.27. The van der Waals surface area contributed by atoms with Gasteiger partial charge in [-0.25, -0.2) is 0 Å². The summed E-state index contributed by atoms with van der Waals surface area (Å²) in [4.78, 5) is 27.4. The summed E-state index contributed by atoms with van der Waals surface area (Å²) in [7, 11) is 0. The predicted octanol–water partition coefficient (Wildman–Crippen LogP) is 4.11. The summed E-state index contributed by atoms with van der Waals surface area (Å²) >= 11 is 1.54. The minimum atomic E-state index is 0.115. The molecule has 2 aromatic rings. The van der Waals surface area contributed by atoms with Crippen LogP contribution in [-0.4, -0.2) is 24.1 Å². The standard InChI is InChI=1S/C21H22N2O2S/c24-20(23-13-3-5-15-4-1-2-6-19(15)23)14-26-18-11-9-17(10-12-18)22-21(25)16-7-8-16/h1-2,4,6,9-12,16H,3,5,7-8,13-14H2,(H,22,25). The third-order valence-corrected chi connectivity index (χ3v) is 5.84. The Balaban J connectivity index is 1.34. The van der Waals surface area contributed by atoms with E-state index >= 15 is 0 Å². The van der Waals surface area contributed by atoms with Gasteiger partial charge in [-0.05, 0) is 61.6 Å². The van der Waals surface area contributed by atoms with E-state index in [2.05, 4.69) is 11.4 Å². The number of amides is 2. The molecule has 0 saturated heterocycles. The molecule has 1 aliphatic heterocycles. The number of anilines is 2. The fourth-order valence-electron chi connectivity index (χ4n) is 3.24. The number of para-hydroxylation sites is 1. The van der Waals surface area contributed by atoms with E-state index in [9.17, 15) is 9.59 Å². The summed E-state index contributed by atoms with van der Waals surface area (Å²) in [6.45, 7) is 0.794. The SMILES string of the molecule is O=C(Nc1ccc(SCC(=O)N2CCCc3ccccc32)cc1)C1CC1. The van der Waals surface area contributed by atoms with Crippen molar-refractivity contribution in [3.05, 3.63) is 54.1 Å². The summed E-state index contributed by atoms with van der Waals surface area (Å²) < 4.78 is 0. The van der Waals surface area contributed by atoms with E-state index in [1.54, 1.807) is 0 Å². The average Bonchev–Trinajstić information content (AvgIpc) is 3.52. The van der Waals surface area contributed by atoms with Gasteiger partial charge in [-0.3, -0.25) is 9.59 Å². The van der Waals surface area contributed by atoms with Crippen LogP contribution in [0.4, 0.5) is 11.4 Å². The number of thioether (sulfide) groups is 1. The predicted molar refractivity (Wildman–Crippen MR) is 106 cm³/mol. The van der Waals surface area contributed by atoms with Crippen LogP contribution in [0.3, 0.4) is 0 Å².